The van der Waals surface area contributed by atoms with Gasteiger partial charge in [-0.2, -0.15) is 0 Å². The van der Waals surface area contributed by atoms with Crippen molar-refractivity contribution in [1.29, 1.82) is 0 Å². The first kappa shape index (κ1) is 12.4. The molecule has 1 aromatic heterocycles. The molecule has 1 atom stereocenters. The average Bonchev–Trinajstić information content (AvgIpc) is 2.56. The van der Waals surface area contributed by atoms with Crippen molar-refractivity contribution in [3.63, 3.8) is 0 Å². The molecule has 16 heavy (non-hydrogen) atoms. The van der Waals surface area contributed by atoms with Gasteiger partial charge in [-0.15, -0.1) is 11.3 Å². The average molecular weight is 258 g/mol. The Morgan fingerprint density at radius 2 is 2.00 bits per heavy atom. The van der Waals surface area contributed by atoms with E-state index in [-0.39, 0.29) is 0 Å². The van der Waals surface area contributed by atoms with Gasteiger partial charge in [0.25, 0.3) is 0 Å². The minimum atomic E-state index is 0.440. The second kappa shape index (κ2) is 5.07. The van der Waals surface area contributed by atoms with Gasteiger partial charge in [-0.1, -0.05) is 25.4 Å². The Bertz CT molecular complexity index is 341. The summed E-state index contributed by atoms with van der Waals surface area (Å²) in [6, 6.07) is 5.26. The summed E-state index contributed by atoms with van der Waals surface area (Å²) in [7, 11) is 0. The van der Waals surface area contributed by atoms with E-state index in [1.54, 1.807) is 11.3 Å². The SMILES string of the molecule is CC(NC1CC(C(C)C)C1)c1ccc(Cl)s1. The number of halogens is 1. The molecule has 90 valence electrons. The molecule has 1 saturated carbocycles. The lowest BCUT2D eigenvalue weighted by molar-refractivity contribution is 0.160. The number of hydrogen-bond acceptors (Lipinski definition) is 2. The molecule has 1 heterocycles. The molecular weight excluding hydrogens is 238 g/mol. The molecule has 1 fully saturated rings. The molecular formula is C13H20ClNS. The quantitative estimate of drug-likeness (QED) is 0.838. The van der Waals surface area contributed by atoms with Crippen LogP contribution in [0.1, 0.15) is 44.5 Å². The number of hydrogen-bond donors (Lipinski definition) is 1. The van der Waals surface area contributed by atoms with Crippen molar-refractivity contribution in [3.05, 3.63) is 21.3 Å². The molecule has 1 aromatic rings. The zero-order chi connectivity index (χ0) is 11.7. The molecule has 2 rings (SSSR count). The molecule has 3 heteroatoms. The molecule has 0 aliphatic heterocycles. The van der Waals surface area contributed by atoms with E-state index in [9.17, 15) is 0 Å². The van der Waals surface area contributed by atoms with E-state index in [0.717, 1.165) is 16.2 Å². The number of nitrogens with one attached hydrogen (secondary N) is 1. The van der Waals surface area contributed by atoms with Crippen molar-refractivity contribution in [1.82, 2.24) is 5.32 Å². The Hall–Kier alpha value is -0.0500. The van der Waals surface area contributed by atoms with Gasteiger partial charge < -0.3 is 5.32 Å². The van der Waals surface area contributed by atoms with Crippen LogP contribution >= 0.6 is 22.9 Å². The van der Waals surface area contributed by atoms with Gasteiger partial charge in [0, 0.05) is 17.0 Å². The van der Waals surface area contributed by atoms with Crippen LogP contribution in [-0.4, -0.2) is 6.04 Å². The molecule has 0 amide bonds. The van der Waals surface area contributed by atoms with Gasteiger partial charge in [-0.3, -0.25) is 0 Å². The van der Waals surface area contributed by atoms with Gasteiger partial charge in [0.2, 0.25) is 0 Å². The lowest BCUT2D eigenvalue weighted by Gasteiger charge is -2.40. The maximum absolute atomic E-state index is 5.94. The fourth-order valence-electron chi connectivity index (χ4n) is 2.34. The minimum Gasteiger partial charge on any atom is -0.307 e. The fourth-order valence-corrected chi connectivity index (χ4v) is 3.41. The van der Waals surface area contributed by atoms with Crippen molar-refractivity contribution in [3.8, 4) is 0 Å². The molecule has 1 aliphatic carbocycles. The molecule has 1 N–H and O–H groups in total. The molecule has 0 bridgehead atoms. The lowest BCUT2D eigenvalue weighted by atomic mass is 9.73. The van der Waals surface area contributed by atoms with Crippen LogP contribution in [-0.2, 0) is 0 Å². The highest BCUT2D eigenvalue weighted by Crippen LogP contribution is 2.35. The highest BCUT2D eigenvalue weighted by atomic mass is 35.5. The normalized spacial score (nSPS) is 26.8. The molecule has 0 radical (unpaired) electrons. The smallest absolute Gasteiger partial charge is 0.0931 e. The topological polar surface area (TPSA) is 12.0 Å². The third-order valence-corrected chi connectivity index (χ3v) is 5.04. The van der Waals surface area contributed by atoms with Crippen molar-refractivity contribution in [2.75, 3.05) is 0 Å². The molecule has 0 spiro atoms. The van der Waals surface area contributed by atoms with Gasteiger partial charge in [-0.05, 0) is 43.7 Å². The zero-order valence-corrected chi connectivity index (χ0v) is 11.7. The standard InChI is InChI=1S/C13H20ClNS/c1-8(2)10-6-11(7-10)15-9(3)12-4-5-13(14)16-12/h4-5,8-11,15H,6-7H2,1-3H3. The van der Waals surface area contributed by atoms with E-state index in [0.29, 0.717) is 12.1 Å². The Kier molecular flexibility index (Phi) is 3.93. The highest BCUT2D eigenvalue weighted by molar-refractivity contribution is 7.16. The largest absolute Gasteiger partial charge is 0.307 e. The van der Waals surface area contributed by atoms with E-state index in [4.69, 9.17) is 11.6 Å². The maximum atomic E-state index is 5.94. The fraction of sp³-hybridized carbons (Fsp3) is 0.692. The maximum Gasteiger partial charge on any atom is 0.0931 e. The van der Waals surface area contributed by atoms with Crippen LogP contribution < -0.4 is 5.32 Å². The second-order valence-electron chi connectivity index (χ2n) is 5.20. The van der Waals surface area contributed by atoms with Crippen molar-refractivity contribution >= 4 is 22.9 Å². The summed E-state index contributed by atoms with van der Waals surface area (Å²) in [4.78, 5) is 1.35. The predicted octanol–water partition coefficient (Wildman–Crippen LogP) is 4.49. The van der Waals surface area contributed by atoms with Gasteiger partial charge in [0.1, 0.15) is 0 Å². The first-order valence-electron chi connectivity index (χ1n) is 6.07. The summed E-state index contributed by atoms with van der Waals surface area (Å²) >= 11 is 7.63. The van der Waals surface area contributed by atoms with Crippen LogP contribution in [0.5, 0.6) is 0 Å². The monoisotopic (exact) mass is 257 g/mol. The van der Waals surface area contributed by atoms with Gasteiger partial charge in [-0.25, -0.2) is 0 Å². The predicted molar refractivity (Wildman–Crippen MR) is 72.2 cm³/mol. The first-order chi connectivity index (χ1) is 7.56. The van der Waals surface area contributed by atoms with Gasteiger partial charge >= 0.3 is 0 Å². The summed E-state index contributed by atoms with van der Waals surface area (Å²) in [5, 5.41) is 3.68. The van der Waals surface area contributed by atoms with Crippen LogP contribution in [0.15, 0.2) is 12.1 Å². The summed E-state index contributed by atoms with van der Waals surface area (Å²) in [6.45, 7) is 6.87. The van der Waals surface area contributed by atoms with Gasteiger partial charge in [0.15, 0.2) is 0 Å². The van der Waals surface area contributed by atoms with Gasteiger partial charge in [0.05, 0.1) is 4.34 Å². The highest BCUT2D eigenvalue weighted by Gasteiger charge is 2.31. The third kappa shape index (κ3) is 2.79. The summed E-state index contributed by atoms with van der Waals surface area (Å²) in [6.07, 6.45) is 2.67. The van der Waals surface area contributed by atoms with Crippen LogP contribution in [0.4, 0.5) is 0 Å². The van der Waals surface area contributed by atoms with Crippen molar-refractivity contribution < 1.29 is 0 Å². The Labute approximate surface area is 107 Å². The summed E-state index contributed by atoms with van der Waals surface area (Å²) in [5.41, 5.74) is 0. The van der Waals surface area contributed by atoms with E-state index in [1.165, 1.54) is 17.7 Å². The van der Waals surface area contributed by atoms with Crippen LogP contribution in [0.25, 0.3) is 0 Å². The molecule has 1 unspecified atom stereocenters. The molecule has 0 saturated heterocycles. The van der Waals surface area contributed by atoms with Crippen LogP contribution in [0, 0.1) is 11.8 Å². The number of rotatable bonds is 4. The zero-order valence-electron chi connectivity index (χ0n) is 10.2. The van der Waals surface area contributed by atoms with Crippen molar-refractivity contribution in [2.45, 2.75) is 45.7 Å². The third-order valence-electron chi connectivity index (χ3n) is 3.62. The van der Waals surface area contributed by atoms with E-state index in [1.807, 2.05) is 6.07 Å². The summed E-state index contributed by atoms with van der Waals surface area (Å²) in [5.74, 6) is 1.76. The Morgan fingerprint density at radius 3 is 2.50 bits per heavy atom. The summed E-state index contributed by atoms with van der Waals surface area (Å²) < 4.78 is 0.886. The lowest BCUT2D eigenvalue weighted by Crippen LogP contribution is -2.43. The van der Waals surface area contributed by atoms with Crippen LogP contribution in [0.2, 0.25) is 4.34 Å². The van der Waals surface area contributed by atoms with E-state index in [2.05, 4.69) is 32.2 Å². The van der Waals surface area contributed by atoms with E-state index < -0.39 is 0 Å². The van der Waals surface area contributed by atoms with Crippen LogP contribution in [0.3, 0.4) is 0 Å². The molecule has 1 aliphatic rings. The molecule has 1 nitrogen and oxygen atoms in total. The van der Waals surface area contributed by atoms with Crippen molar-refractivity contribution in [2.24, 2.45) is 11.8 Å². The second-order valence-corrected chi connectivity index (χ2v) is 6.95. The first-order valence-corrected chi connectivity index (χ1v) is 7.27. The number of thiophene rings is 1. The molecule has 0 aromatic carbocycles. The Balaban J connectivity index is 1.79. The van der Waals surface area contributed by atoms with E-state index >= 15 is 0 Å². The Morgan fingerprint density at radius 1 is 1.31 bits per heavy atom. The minimum absolute atomic E-state index is 0.440.